The lowest BCUT2D eigenvalue weighted by Gasteiger charge is -2.06. The van der Waals surface area contributed by atoms with Gasteiger partial charge in [-0.1, -0.05) is 11.6 Å². The number of benzene rings is 2. The smallest absolute Gasteiger partial charge is 0.222 e. The van der Waals surface area contributed by atoms with Gasteiger partial charge in [-0.25, -0.2) is 15.0 Å². The van der Waals surface area contributed by atoms with Crippen LogP contribution in [-0.4, -0.2) is 29.1 Å². The number of nitrogens with one attached hydrogen (secondary N) is 1. The molecule has 0 bridgehead atoms. The molecule has 2 aromatic carbocycles. The third-order valence-electron chi connectivity index (χ3n) is 3.94. The number of anilines is 1. The average Bonchev–Trinajstić information content (AvgIpc) is 3.05. The molecule has 25 heavy (non-hydrogen) atoms. The summed E-state index contributed by atoms with van der Waals surface area (Å²) in [6.45, 7) is 2.05. The van der Waals surface area contributed by atoms with Crippen molar-refractivity contribution < 1.29 is 4.74 Å². The monoisotopic (exact) mass is 370 g/mol. The minimum absolute atomic E-state index is 0.582. The Morgan fingerprint density at radius 1 is 1.12 bits per heavy atom. The highest BCUT2D eigenvalue weighted by atomic mass is 35.5. The van der Waals surface area contributed by atoms with Gasteiger partial charge in [-0.05, 0) is 30.7 Å². The molecule has 0 unspecified atom stereocenters. The van der Waals surface area contributed by atoms with Crippen molar-refractivity contribution in [2.24, 2.45) is 0 Å². The molecule has 0 amide bonds. The minimum atomic E-state index is 0.582. The number of aromatic nitrogens is 3. The molecule has 0 spiro atoms. The quantitative estimate of drug-likeness (QED) is 0.554. The van der Waals surface area contributed by atoms with E-state index in [0.717, 1.165) is 43.0 Å². The van der Waals surface area contributed by atoms with Gasteiger partial charge in [0.15, 0.2) is 0 Å². The first-order valence-corrected chi connectivity index (χ1v) is 8.88. The minimum Gasteiger partial charge on any atom is -0.497 e. The molecule has 0 saturated heterocycles. The summed E-state index contributed by atoms with van der Waals surface area (Å²) in [7, 11) is 3.43. The highest BCUT2D eigenvalue weighted by molar-refractivity contribution is 7.21. The molecule has 2 aromatic heterocycles. The van der Waals surface area contributed by atoms with E-state index in [1.54, 1.807) is 31.6 Å². The van der Waals surface area contributed by atoms with Crippen molar-refractivity contribution in [1.29, 1.82) is 0 Å². The Bertz CT molecular complexity index is 1110. The molecule has 4 rings (SSSR count). The molecule has 2 heterocycles. The first-order chi connectivity index (χ1) is 12.1. The molecule has 0 aliphatic carbocycles. The van der Waals surface area contributed by atoms with Crippen molar-refractivity contribution in [3.05, 3.63) is 41.0 Å². The molecule has 7 heteroatoms. The van der Waals surface area contributed by atoms with E-state index in [0.29, 0.717) is 11.0 Å². The van der Waals surface area contributed by atoms with Crippen LogP contribution in [0.3, 0.4) is 0 Å². The number of nitrogens with zero attached hydrogens (tertiary/aromatic N) is 3. The molecule has 5 nitrogen and oxygen atoms in total. The summed E-state index contributed by atoms with van der Waals surface area (Å²) >= 11 is 7.94. The number of thiazole rings is 1. The zero-order valence-electron chi connectivity index (χ0n) is 13.9. The maximum absolute atomic E-state index is 6.37. The van der Waals surface area contributed by atoms with E-state index >= 15 is 0 Å². The summed E-state index contributed by atoms with van der Waals surface area (Å²) in [5.41, 5.74) is 3.75. The van der Waals surface area contributed by atoms with Crippen molar-refractivity contribution >= 4 is 50.0 Å². The van der Waals surface area contributed by atoms with Crippen LogP contribution < -0.4 is 10.1 Å². The highest BCUT2D eigenvalue weighted by Crippen LogP contribution is 2.38. The van der Waals surface area contributed by atoms with E-state index in [4.69, 9.17) is 21.3 Å². The summed E-state index contributed by atoms with van der Waals surface area (Å²) in [6.07, 6.45) is 1.83. The van der Waals surface area contributed by atoms with E-state index in [9.17, 15) is 0 Å². The van der Waals surface area contributed by atoms with E-state index in [1.165, 1.54) is 0 Å². The number of fused-ring (bicyclic) bond motifs is 2. The Morgan fingerprint density at radius 2 is 1.96 bits per heavy atom. The number of ether oxygens (including phenoxy) is 1. The summed E-state index contributed by atoms with van der Waals surface area (Å²) in [4.78, 5) is 13.7. The molecule has 0 fully saturated rings. The van der Waals surface area contributed by atoms with Crippen LogP contribution in [0.2, 0.25) is 5.02 Å². The van der Waals surface area contributed by atoms with Gasteiger partial charge in [0.1, 0.15) is 16.3 Å². The van der Waals surface area contributed by atoms with Crippen molar-refractivity contribution in [2.75, 3.05) is 19.5 Å². The second kappa shape index (κ2) is 6.13. The summed E-state index contributed by atoms with van der Waals surface area (Å²) in [5, 5.41) is 5.43. The first-order valence-electron chi connectivity index (χ1n) is 7.68. The molecule has 1 N–H and O–H groups in total. The normalized spacial score (nSPS) is 11.2. The Hall–Kier alpha value is -2.44. The lowest BCUT2D eigenvalue weighted by molar-refractivity contribution is 0.415. The second-order valence-electron chi connectivity index (χ2n) is 5.67. The largest absolute Gasteiger partial charge is 0.497 e. The van der Waals surface area contributed by atoms with Gasteiger partial charge in [-0.15, -0.1) is 11.3 Å². The molecule has 0 aliphatic heterocycles. The Labute approximate surface area is 153 Å². The maximum atomic E-state index is 6.37. The Morgan fingerprint density at radius 3 is 2.72 bits per heavy atom. The lowest BCUT2D eigenvalue weighted by atomic mass is 10.1. The number of hydrogen-bond donors (Lipinski definition) is 1. The maximum Gasteiger partial charge on any atom is 0.222 e. The van der Waals surface area contributed by atoms with Crippen LogP contribution in [0.5, 0.6) is 5.75 Å². The third kappa shape index (κ3) is 2.77. The SMILES string of the molecule is CNc1ncc2cc(C)cc(-c3nc4c(Cl)cc(OC)cc4s3)c2n1. The van der Waals surface area contributed by atoms with Gasteiger partial charge in [0, 0.05) is 30.3 Å². The fourth-order valence-electron chi connectivity index (χ4n) is 2.78. The number of halogens is 1. The number of rotatable bonds is 3. The van der Waals surface area contributed by atoms with Crippen LogP contribution in [-0.2, 0) is 0 Å². The molecule has 0 aliphatic rings. The summed E-state index contributed by atoms with van der Waals surface area (Å²) < 4.78 is 6.29. The van der Waals surface area contributed by atoms with Crippen LogP contribution in [0.15, 0.2) is 30.5 Å². The third-order valence-corrected chi connectivity index (χ3v) is 5.26. The number of hydrogen-bond acceptors (Lipinski definition) is 6. The predicted octanol–water partition coefficient (Wildman–Crippen LogP) is 4.92. The van der Waals surface area contributed by atoms with E-state index in [-0.39, 0.29) is 0 Å². The van der Waals surface area contributed by atoms with Crippen LogP contribution in [0, 0.1) is 6.92 Å². The van der Waals surface area contributed by atoms with Crippen LogP contribution in [0.1, 0.15) is 5.56 Å². The van der Waals surface area contributed by atoms with Gasteiger partial charge in [0.2, 0.25) is 5.95 Å². The van der Waals surface area contributed by atoms with Gasteiger partial charge >= 0.3 is 0 Å². The summed E-state index contributed by atoms with van der Waals surface area (Å²) in [6, 6.07) is 7.90. The zero-order valence-corrected chi connectivity index (χ0v) is 15.5. The Kier molecular flexibility index (Phi) is 3.94. The van der Waals surface area contributed by atoms with Crippen LogP contribution in [0.25, 0.3) is 31.7 Å². The first kappa shape index (κ1) is 16.1. The van der Waals surface area contributed by atoms with Crippen molar-refractivity contribution in [2.45, 2.75) is 6.92 Å². The number of methoxy groups -OCH3 is 1. The molecule has 0 saturated carbocycles. The molecule has 0 radical (unpaired) electrons. The van der Waals surface area contributed by atoms with Crippen LogP contribution >= 0.6 is 22.9 Å². The molecule has 4 aromatic rings. The van der Waals surface area contributed by atoms with Gasteiger partial charge in [0.25, 0.3) is 0 Å². The van der Waals surface area contributed by atoms with E-state index < -0.39 is 0 Å². The van der Waals surface area contributed by atoms with E-state index in [1.807, 2.05) is 12.3 Å². The molecular weight excluding hydrogens is 356 g/mol. The molecule has 0 atom stereocenters. The summed E-state index contributed by atoms with van der Waals surface area (Å²) in [5.74, 6) is 1.31. The van der Waals surface area contributed by atoms with Crippen molar-refractivity contribution in [1.82, 2.24) is 15.0 Å². The molecule has 126 valence electrons. The fraction of sp³-hybridized carbons (Fsp3) is 0.167. The molecular formula is C18H15ClN4OS. The zero-order chi connectivity index (χ0) is 17.6. The predicted molar refractivity (Wildman–Crippen MR) is 104 cm³/mol. The van der Waals surface area contributed by atoms with Crippen molar-refractivity contribution in [3.8, 4) is 16.3 Å². The van der Waals surface area contributed by atoms with Crippen molar-refractivity contribution in [3.63, 3.8) is 0 Å². The standard InChI is InChI=1S/C18H15ClN4OS/c1-9-4-10-8-21-18(20-2)23-15(10)12(5-9)17-22-16-13(19)6-11(24-3)7-14(16)25-17/h4-8H,1-3H3,(H,20,21,23). The topological polar surface area (TPSA) is 59.9 Å². The number of aryl methyl sites for hydroxylation is 1. The van der Waals surface area contributed by atoms with Gasteiger partial charge < -0.3 is 10.1 Å². The fourth-order valence-corrected chi connectivity index (χ4v) is 4.12. The average molecular weight is 371 g/mol. The van der Waals surface area contributed by atoms with Gasteiger partial charge in [-0.3, -0.25) is 0 Å². The van der Waals surface area contributed by atoms with E-state index in [2.05, 4.69) is 34.3 Å². The lowest BCUT2D eigenvalue weighted by Crippen LogP contribution is -1.97. The second-order valence-corrected chi connectivity index (χ2v) is 7.11. The Balaban J connectivity index is 2.00. The van der Waals surface area contributed by atoms with Gasteiger partial charge in [-0.2, -0.15) is 0 Å². The van der Waals surface area contributed by atoms with Crippen LogP contribution in [0.4, 0.5) is 5.95 Å². The highest BCUT2D eigenvalue weighted by Gasteiger charge is 2.15. The van der Waals surface area contributed by atoms with Gasteiger partial charge in [0.05, 0.1) is 22.3 Å².